The van der Waals surface area contributed by atoms with E-state index >= 15 is 0 Å². The van der Waals surface area contributed by atoms with Gasteiger partial charge in [-0.05, 0) is 49.9 Å². The number of piperidine rings is 1. The molecular formula is C26H35N3O2. The Morgan fingerprint density at radius 2 is 2.10 bits per heavy atom. The Morgan fingerprint density at radius 1 is 1.26 bits per heavy atom. The molecule has 0 spiro atoms. The summed E-state index contributed by atoms with van der Waals surface area (Å²) in [6, 6.07) is 14.0. The Kier molecular flexibility index (Phi) is 9.10. The van der Waals surface area contributed by atoms with Crippen molar-refractivity contribution < 1.29 is 9.53 Å². The average Bonchev–Trinajstić information content (AvgIpc) is 2.82. The minimum Gasteiger partial charge on any atom is -0.496 e. The Labute approximate surface area is 186 Å². The molecule has 1 amide bonds. The van der Waals surface area contributed by atoms with Gasteiger partial charge in [-0.1, -0.05) is 36.4 Å². The fraction of sp³-hybridized carbons (Fsp3) is 0.462. The monoisotopic (exact) mass is 421 g/mol. The number of likely N-dealkylation sites (tertiary alicyclic amines) is 1. The summed E-state index contributed by atoms with van der Waals surface area (Å²) in [6.07, 6.45) is 11.0. The second-order valence-electron chi connectivity index (χ2n) is 8.34. The molecule has 0 saturated carbocycles. The molecular weight excluding hydrogens is 386 g/mol. The van der Waals surface area contributed by atoms with Crippen molar-refractivity contribution >= 4 is 12.0 Å². The lowest BCUT2D eigenvalue weighted by Gasteiger charge is -2.32. The van der Waals surface area contributed by atoms with E-state index in [1.54, 1.807) is 13.3 Å². The molecule has 0 aliphatic carbocycles. The molecule has 5 heteroatoms. The van der Waals surface area contributed by atoms with E-state index in [9.17, 15) is 4.79 Å². The zero-order chi connectivity index (χ0) is 21.9. The zero-order valence-corrected chi connectivity index (χ0v) is 18.9. The van der Waals surface area contributed by atoms with Crippen LogP contribution in [-0.2, 0) is 11.2 Å². The van der Waals surface area contributed by atoms with E-state index in [0.717, 1.165) is 56.0 Å². The van der Waals surface area contributed by atoms with Gasteiger partial charge in [0.1, 0.15) is 5.75 Å². The summed E-state index contributed by atoms with van der Waals surface area (Å²) in [7, 11) is 3.61. The molecule has 2 heterocycles. The number of para-hydroxylation sites is 1. The van der Waals surface area contributed by atoms with Gasteiger partial charge >= 0.3 is 0 Å². The van der Waals surface area contributed by atoms with Crippen LogP contribution in [0.5, 0.6) is 5.75 Å². The van der Waals surface area contributed by atoms with Crippen LogP contribution < -0.4 is 4.74 Å². The van der Waals surface area contributed by atoms with E-state index in [1.807, 2.05) is 48.3 Å². The van der Waals surface area contributed by atoms with Gasteiger partial charge in [-0.25, -0.2) is 0 Å². The molecule has 31 heavy (non-hydrogen) atoms. The first-order chi connectivity index (χ1) is 15.2. The number of benzene rings is 1. The molecule has 3 rings (SSSR count). The van der Waals surface area contributed by atoms with Crippen LogP contribution in [0.4, 0.5) is 0 Å². The highest BCUT2D eigenvalue weighted by Gasteiger charge is 2.20. The zero-order valence-electron chi connectivity index (χ0n) is 18.9. The molecule has 1 unspecified atom stereocenters. The molecule has 5 nitrogen and oxygen atoms in total. The Bertz CT molecular complexity index is 838. The van der Waals surface area contributed by atoms with Crippen LogP contribution in [-0.4, -0.2) is 61.0 Å². The van der Waals surface area contributed by atoms with Crippen molar-refractivity contribution in [2.45, 2.75) is 32.1 Å². The molecule has 1 saturated heterocycles. The number of aromatic nitrogens is 1. The topological polar surface area (TPSA) is 45.7 Å². The van der Waals surface area contributed by atoms with Gasteiger partial charge in [-0.2, -0.15) is 0 Å². The summed E-state index contributed by atoms with van der Waals surface area (Å²) in [5.74, 6) is 1.74. The summed E-state index contributed by atoms with van der Waals surface area (Å²) in [5, 5.41) is 0. The van der Waals surface area contributed by atoms with Crippen molar-refractivity contribution in [1.82, 2.24) is 14.8 Å². The number of pyridine rings is 1. The Balaban J connectivity index is 1.39. The first-order valence-electron chi connectivity index (χ1n) is 11.3. The lowest BCUT2D eigenvalue weighted by molar-refractivity contribution is -0.130. The Hall–Kier alpha value is -2.66. The number of amides is 1. The van der Waals surface area contributed by atoms with Gasteiger partial charge < -0.3 is 9.64 Å². The van der Waals surface area contributed by atoms with Gasteiger partial charge in [0.25, 0.3) is 0 Å². The summed E-state index contributed by atoms with van der Waals surface area (Å²) in [5.41, 5.74) is 2.14. The minimum absolute atomic E-state index is 0.240. The fourth-order valence-corrected chi connectivity index (χ4v) is 4.16. The van der Waals surface area contributed by atoms with Gasteiger partial charge in [-0.15, -0.1) is 0 Å². The maximum absolute atomic E-state index is 12.5. The summed E-state index contributed by atoms with van der Waals surface area (Å²) in [6.45, 7) is 3.86. The fourth-order valence-electron chi connectivity index (χ4n) is 4.16. The van der Waals surface area contributed by atoms with Gasteiger partial charge in [-0.3, -0.25) is 14.7 Å². The van der Waals surface area contributed by atoms with Crippen molar-refractivity contribution in [2.75, 3.05) is 40.3 Å². The molecule has 1 atom stereocenters. The first kappa shape index (κ1) is 23.0. The number of hydrogen-bond donors (Lipinski definition) is 0. The highest BCUT2D eigenvalue weighted by Crippen LogP contribution is 2.22. The SMILES string of the molecule is COc1ccccc1C=CCN1CCCC(CCC(=O)N(C)CCc2ccccn2)C1. The number of rotatable bonds is 10. The minimum atomic E-state index is 0.240. The van der Waals surface area contributed by atoms with Crippen molar-refractivity contribution in [3.05, 3.63) is 66.0 Å². The second kappa shape index (κ2) is 12.3. The van der Waals surface area contributed by atoms with E-state index in [2.05, 4.69) is 28.1 Å². The molecule has 1 aliphatic rings. The average molecular weight is 422 g/mol. The molecule has 1 aliphatic heterocycles. The largest absolute Gasteiger partial charge is 0.496 e. The van der Waals surface area contributed by atoms with Crippen molar-refractivity contribution in [3.63, 3.8) is 0 Å². The summed E-state index contributed by atoms with van der Waals surface area (Å²) >= 11 is 0. The molecule has 0 radical (unpaired) electrons. The number of ether oxygens (including phenoxy) is 1. The van der Waals surface area contributed by atoms with E-state index < -0.39 is 0 Å². The Morgan fingerprint density at radius 3 is 2.90 bits per heavy atom. The molecule has 1 fully saturated rings. The van der Waals surface area contributed by atoms with Gasteiger partial charge in [0.15, 0.2) is 0 Å². The van der Waals surface area contributed by atoms with Crippen LogP contribution in [0.15, 0.2) is 54.7 Å². The van der Waals surface area contributed by atoms with Crippen molar-refractivity contribution in [2.24, 2.45) is 5.92 Å². The molecule has 166 valence electrons. The lowest BCUT2D eigenvalue weighted by Crippen LogP contribution is -2.36. The highest BCUT2D eigenvalue weighted by molar-refractivity contribution is 5.75. The van der Waals surface area contributed by atoms with Crippen LogP contribution in [0, 0.1) is 5.92 Å². The molecule has 0 N–H and O–H groups in total. The number of carbonyl (C=O) groups is 1. The number of methoxy groups -OCH3 is 1. The smallest absolute Gasteiger partial charge is 0.222 e. The maximum Gasteiger partial charge on any atom is 0.222 e. The second-order valence-corrected chi connectivity index (χ2v) is 8.34. The van der Waals surface area contributed by atoms with E-state index in [0.29, 0.717) is 12.3 Å². The van der Waals surface area contributed by atoms with Crippen LogP contribution in [0.1, 0.15) is 36.9 Å². The van der Waals surface area contributed by atoms with Crippen molar-refractivity contribution in [1.29, 1.82) is 0 Å². The van der Waals surface area contributed by atoms with Crippen LogP contribution in [0.3, 0.4) is 0 Å². The molecule has 0 bridgehead atoms. The third kappa shape index (κ3) is 7.51. The van der Waals surface area contributed by atoms with Crippen LogP contribution >= 0.6 is 0 Å². The van der Waals surface area contributed by atoms with Crippen LogP contribution in [0.2, 0.25) is 0 Å². The molecule has 1 aromatic heterocycles. The number of nitrogens with zero attached hydrogens (tertiary/aromatic N) is 3. The van der Waals surface area contributed by atoms with E-state index in [4.69, 9.17) is 4.74 Å². The van der Waals surface area contributed by atoms with Gasteiger partial charge in [0.05, 0.1) is 7.11 Å². The normalized spacial score (nSPS) is 17.0. The predicted octanol–water partition coefficient (Wildman–Crippen LogP) is 4.30. The molecule has 2 aromatic rings. The van der Waals surface area contributed by atoms with Crippen LogP contribution in [0.25, 0.3) is 6.08 Å². The third-order valence-electron chi connectivity index (χ3n) is 6.02. The van der Waals surface area contributed by atoms with Crippen molar-refractivity contribution in [3.8, 4) is 5.75 Å². The van der Waals surface area contributed by atoms with E-state index in [1.165, 1.54) is 12.8 Å². The quantitative estimate of drug-likeness (QED) is 0.574. The third-order valence-corrected chi connectivity index (χ3v) is 6.02. The highest BCUT2D eigenvalue weighted by atomic mass is 16.5. The standard InChI is InChI=1S/C26H35N3O2/c1-28(20-16-24-12-5-6-17-27-24)26(30)15-14-22-9-7-18-29(21-22)19-8-11-23-10-3-4-13-25(23)31-2/h3-6,8,10-13,17,22H,7,9,14-16,18-21H2,1-2H3. The van der Waals surface area contributed by atoms with Gasteiger partial charge in [0.2, 0.25) is 5.91 Å². The van der Waals surface area contributed by atoms with Gasteiger partial charge in [0, 0.05) is 57.0 Å². The predicted molar refractivity (Wildman–Crippen MR) is 126 cm³/mol. The number of hydrogen-bond acceptors (Lipinski definition) is 4. The first-order valence-corrected chi connectivity index (χ1v) is 11.3. The summed E-state index contributed by atoms with van der Waals surface area (Å²) in [4.78, 5) is 21.2. The van der Waals surface area contributed by atoms with E-state index in [-0.39, 0.29) is 5.91 Å². The summed E-state index contributed by atoms with van der Waals surface area (Å²) < 4.78 is 5.42. The number of likely N-dealkylation sites (N-methyl/N-ethyl adjacent to an activating group) is 1. The number of carbonyl (C=O) groups excluding carboxylic acids is 1. The maximum atomic E-state index is 12.5. The lowest BCUT2D eigenvalue weighted by atomic mass is 9.93. The molecule has 1 aromatic carbocycles.